The average Bonchev–Trinajstić information content (AvgIpc) is 3.26. The highest BCUT2D eigenvalue weighted by atomic mass is 79.9. The number of para-hydroxylation sites is 1. The van der Waals surface area contributed by atoms with Gasteiger partial charge < -0.3 is 21.3 Å². The number of primary amides is 1. The molecule has 0 spiro atoms. The van der Waals surface area contributed by atoms with Gasteiger partial charge in [-0.05, 0) is 47.7 Å². The highest BCUT2D eigenvalue weighted by Crippen LogP contribution is 2.48. The van der Waals surface area contributed by atoms with Crippen molar-refractivity contribution in [3.63, 3.8) is 0 Å². The number of likely N-dealkylation sites (tertiary alicyclic amines) is 1. The molecule has 3 atom stereocenters. The molecule has 1 aromatic carbocycles. The maximum Gasteiger partial charge on any atom is 0.323 e. The summed E-state index contributed by atoms with van der Waals surface area (Å²) in [7, 11) is 0. The Morgan fingerprint density at radius 3 is 2.72 bits per heavy atom. The highest BCUT2D eigenvalue weighted by molar-refractivity contribution is 9.10. The second-order valence-electron chi connectivity index (χ2n) is 8.04. The molecule has 4 N–H and O–H groups in total. The Morgan fingerprint density at radius 2 is 1.97 bits per heavy atom. The normalized spacial score (nSPS) is 21.3. The van der Waals surface area contributed by atoms with Crippen molar-refractivity contribution in [2.45, 2.75) is 31.8 Å². The highest BCUT2D eigenvalue weighted by Gasteiger charge is 2.56. The summed E-state index contributed by atoms with van der Waals surface area (Å²) in [6, 6.07) is 5.51. The van der Waals surface area contributed by atoms with E-state index in [2.05, 4.69) is 36.5 Å². The van der Waals surface area contributed by atoms with Crippen molar-refractivity contribution < 1.29 is 14.4 Å². The minimum atomic E-state index is -0.646. The van der Waals surface area contributed by atoms with Crippen molar-refractivity contribution in [2.75, 3.05) is 10.6 Å². The van der Waals surface area contributed by atoms with Gasteiger partial charge in [0.1, 0.15) is 10.6 Å². The van der Waals surface area contributed by atoms with Crippen LogP contribution >= 0.6 is 15.9 Å². The Bertz CT molecular complexity index is 1270. The number of rotatable bonds is 3. The van der Waals surface area contributed by atoms with E-state index in [1.165, 1.54) is 17.0 Å². The minimum absolute atomic E-state index is 0.0195. The maximum absolute atomic E-state index is 13.2. The second kappa shape index (κ2) is 7.59. The Morgan fingerprint density at radius 1 is 1.19 bits per heavy atom. The number of anilines is 2. The van der Waals surface area contributed by atoms with Crippen LogP contribution in [-0.4, -0.2) is 49.5 Å². The summed E-state index contributed by atoms with van der Waals surface area (Å²) < 4.78 is 1.83. The van der Waals surface area contributed by atoms with Crippen LogP contribution in [0.4, 0.5) is 21.1 Å². The van der Waals surface area contributed by atoms with Gasteiger partial charge in [0, 0.05) is 17.6 Å². The van der Waals surface area contributed by atoms with E-state index in [-0.39, 0.29) is 11.9 Å². The summed E-state index contributed by atoms with van der Waals surface area (Å²) in [5, 5.41) is 6.32. The SMILES string of the molecule is Cc1ncc(NC(=O)[C@@H]2C[C@H]3C[C@H]3N2C(=O)Nc2cn(C(N)=O)c3ccccc23)nc1Br. The standard InChI is InChI=1S/C21H20BrN7O3/c1-10-18(22)26-17(8-24-10)27-19(30)16-7-11-6-15(11)29(16)21(32)25-13-9-28(20(23)31)14-5-3-2-4-12(13)14/h2-5,8-9,11,15-16H,6-7H2,1H3,(H2,23,31)(H,25,32)(H,26,27,30)/t11-,15-,16+/m1/s1. The molecule has 3 aromatic rings. The van der Waals surface area contributed by atoms with Crippen molar-refractivity contribution in [3.05, 3.63) is 47.0 Å². The fourth-order valence-electron chi connectivity index (χ4n) is 4.32. The quantitative estimate of drug-likeness (QED) is 0.510. The van der Waals surface area contributed by atoms with Crippen LogP contribution < -0.4 is 16.4 Å². The fourth-order valence-corrected chi connectivity index (χ4v) is 4.61. The Hall–Kier alpha value is -3.47. The number of piperidine rings is 1. The van der Waals surface area contributed by atoms with Gasteiger partial charge >= 0.3 is 12.1 Å². The number of carbonyl (C=O) groups is 3. The minimum Gasteiger partial charge on any atom is -0.351 e. The van der Waals surface area contributed by atoms with Gasteiger partial charge in [-0.3, -0.25) is 14.3 Å². The first-order chi connectivity index (χ1) is 15.3. The van der Waals surface area contributed by atoms with E-state index in [4.69, 9.17) is 5.73 Å². The summed E-state index contributed by atoms with van der Waals surface area (Å²) in [4.78, 5) is 48.0. The van der Waals surface area contributed by atoms with Crippen molar-refractivity contribution in [3.8, 4) is 0 Å². The first-order valence-electron chi connectivity index (χ1n) is 10.1. The summed E-state index contributed by atoms with van der Waals surface area (Å²) in [5.41, 5.74) is 7.23. The zero-order valence-corrected chi connectivity index (χ0v) is 18.7. The van der Waals surface area contributed by atoms with E-state index >= 15 is 0 Å². The molecule has 0 radical (unpaired) electrons. The van der Waals surface area contributed by atoms with E-state index in [0.29, 0.717) is 45.0 Å². The average molecular weight is 498 g/mol. The number of nitrogens with one attached hydrogen (secondary N) is 2. The molecule has 1 aliphatic carbocycles. The molecule has 2 aromatic heterocycles. The summed E-state index contributed by atoms with van der Waals surface area (Å²) in [6.07, 6.45) is 4.44. The van der Waals surface area contributed by atoms with Crippen molar-refractivity contribution in [1.82, 2.24) is 19.4 Å². The largest absolute Gasteiger partial charge is 0.351 e. The number of benzene rings is 1. The molecular formula is C21H20BrN7O3. The van der Waals surface area contributed by atoms with Crippen LogP contribution in [0.1, 0.15) is 18.5 Å². The fraction of sp³-hybridized carbons (Fsp3) is 0.286. The van der Waals surface area contributed by atoms with E-state index in [1.54, 1.807) is 30.0 Å². The molecule has 5 rings (SSSR count). The number of amides is 4. The second-order valence-corrected chi connectivity index (χ2v) is 8.79. The molecule has 0 unspecified atom stereocenters. The first kappa shape index (κ1) is 20.4. The Balaban J connectivity index is 1.37. The molecule has 11 heteroatoms. The number of fused-ring (bicyclic) bond motifs is 2. The van der Waals surface area contributed by atoms with Crippen LogP contribution in [0.2, 0.25) is 0 Å². The lowest BCUT2D eigenvalue weighted by Crippen LogP contribution is -2.47. The molecule has 2 fully saturated rings. The third-order valence-corrected chi connectivity index (χ3v) is 6.73. The third kappa shape index (κ3) is 3.48. The number of aryl methyl sites for hydroxylation is 1. The molecule has 0 bridgehead atoms. The Labute approximate surface area is 191 Å². The number of aromatic nitrogens is 3. The van der Waals surface area contributed by atoms with Gasteiger partial charge in [-0.15, -0.1) is 0 Å². The first-order valence-corrected chi connectivity index (χ1v) is 10.9. The molecule has 32 heavy (non-hydrogen) atoms. The number of nitrogens with two attached hydrogens (primary N) is 1. The monoisotopic (exact) mass is 497 g/mol. The lowest BCUT2D eigenvalue weighted by molar-refractivity contribution is -0.120. The van der Waals surface area contributed by atoms with Gasteiger partial charge in [-0.25, -0.2) is 14.6 Å². The smallest absolute Gasteiger partial charge is 0.323 e. The van der Waals surface area contributed by atoms with Gasteiger partial charge in [0.25, 0.3) is 0 Å². The Kier molecular flexibility index (Phi) is 4.85. The summed E-state index contributed by atoms with van der Waals surface area (Å²) in [5.74, 6) is 0.314. The van der Waals surface area contributed by atoms with Crippen molar-refractivity contribution >= 4 is 56.3 Å². The lowest BCUT2D eigenvalue weighted by Gasteiger charge is -2.26. The van der Waals surface area contributed by atoms with E-state index in [0.717, 1.165) is 6.42 Å². The van der Waals surface area contributed by atoms with Gasteiger partial charge in [0.05, 0.1) is 23.1 Å². The predicted octanol–water partition coefficient (Wildman–Crippen LogP) is 3.06. The number of hydrogen-bond acceptors (Lipinski definition) is 5. The van der Waals surface area contributed by atoms with Gasteiger partial charge in [0.2, 0.25) is 5.91 Å². The van der Waals surface area contributed by atoms with E-state index in [9.17, 15) is 14.4 Å². The van der Waals surface area contributed by atoms with Crippen LogP contribution in [0.25, 0.3) is 10.9 Å². The number of hydrogen-bond donors (Lipinski definition) is 3. The molecule has 10 nitrogen and oxygen atoms in total. The predicted molar refractivity (Wildman–Crippen MR) is 121 cm³/mol. The number of halogens is 1. The zero-order chi connectivity index (χ0) is 22.6. The van der Waals surface area contributed by atoms with Gasteiger partial charge in [-0.2, -0.15) is 0 Å². The topological polar surface area (TPSA) is 135 Å². The van der Waals surface area contributed by atoms with Crippen molar-refractivity contribution in [2.24, 2.45) is 11.7 Å². The molecule has 3 heterocycles. The van der Waals surface area contributed by atoms with Gasteiger partial charge in [0.15, 0.2) is 5.82 Å². The van der Waals surface area contributed by atoms with Crippen LogP contribution in [0, 0.1) is 12.8 Å². The zero-order valence-electron chi connectivity index (χ0n) is 17.1. The van der Waals surface area contributed by atoms with Crippen LogP contribution in [0.5, 0.6) is 0 Å². The molecule has 1 saturated heterocycles. The van der Waals surface area contributed by atoms with Crippen LogP contribution in [-0.2, 0) is 4.79 Å². The molecule has 4 amide bonds. The molecule has 2 aliphatic rings. The van der Waals surface area contributed by atoms with Crippen LogP contribution in [0.3, 0.4) is 0 Å². The number of nitrogens with zero attached hydrogens (tertiary/aromatic N) is 4. The van der Waals surface area contributed by atoms with Crippen molar-refractivity contribution in [1.29, 1.82) is 0 Å². The molecule has 1 aliphatic heterocycles. The molecule has 164 valence electrons. The maximum atomic E-state index is 13.2. The number of urea groups is 1. The van der Waals surface area contributed by atoms with Crippen LogP contribution in [0.15, 0.2) is 41.3 Å². The van der Waals surface area contributed by atoms with E-state index < -0.39 is 18.1 Å². The molecule has 1 saturated carbocycles. The summed E-state index contributed by atoms with van der Waals surface area (Å²) in [6.45, 7) is 1.80. The lowest BCUT2D eigenvalue weighted by atomic mass is 10.1. The third-order valence-electron chi connectivity index (χ3n) is 5.98. The van der Waals surface area contributed by atoms with Gasteiger partial charge in [-0.1, -0.05) is 18.2 Å². The number of carbonyl (C=O) groups excluding carboxylic acids is 3. The molecular weight excluding hydrogens is 478 g/mol. The van der Waals surface area contributed by atoms with E-state index in [1.807, 2.05) is 6.07 Å². The summed E-state index contributed by atoms with van der Waals surface area (Å²) >= 11 is 3.31.